The number of aliphatic carboxylic acids is 1. The summed E-state index contributed by atoms with van der Waals surface area (Å²) in [6, 6.07) is -2.51. The maximum atomic E-state index is 12.8. The van der Waals surface area contributed by atoms with E-state index < -0.39 is 85.5 Å². The van der Waals surface area contributed by atoms with Crippen LogP contribution in [0, 0.1) is 0 Å². The number of ether oxygens (including phenoxy) is 5. The number of carboxylic acids is 1. The molecule has 1 heterocycles. The quantitative estimate of drug-likeness (QED) is 0.0607. The molecule has 18 heteroatoms. The van der Waals surface area contributed by atoms with Gasteiger partial charge in [-0.15, -0.1) is 0 Å². The summed E-state index contributed by atoms with van der Waals surface area (Å²) in [5, 5.41) is 56.8. The lowest BCUT2D eigenvalue weighted by molar-refractivity contribution is -0.224. The molecule has 0 radical (unpaired) electrons. The van der Waals surface area contributed by atoms with Gasteiger partial charge in [-0.05, 0) is 6.92 Å². The molecule has 0 spiro atoms. The predicted molar refractivity (Wildman–Crippen MR) is 146 cm³/mol. The van der Waals surface area contributed by atoms with Gasteiger partial charge in [-0.2, -0.15) is 11.8 Å². The van der Waals surface area contributed by atoms with Crippen LogP contribution in [0.5, 0.6) is 0 Å². The Labute approximate surface area is 247 Å². The van der Waals surface area contributed by atoms with E-state index in [-0.39, 0.29) is 19.0 Å². The van der Waals surface area contributed by atoms with Gasteiger partial charge in [0.1, 0.15) is 31.0 Å². The molecule has 17 nitrogen and oxygen atoms in total. The highest BCUT2D eigenvalue weighted by Gasteiger charge is 2.52. The van der Waals surface area contributed by atoms with Crippen LogP contribution in [0.25, 0.3) is 0 Å². The SMILES string of the molecule is COCCOCCSC[C@H](NC(=O)OCCOC)C(=O)NCC(=O)NC1C(O)CC(C)(C(=O)O)OC1[C@H](O)[C@H](O)CO. The third kappa shape index (κ3) is 12.9. The van der Waals surface area contributed by atoms with Gasteiger partial charge in [0.15, 0.2) is 5.60 Å². The number of hydrogen-bond acceptors (Lipinski definition) is 14. The smallest absolute Gasteiger partial charge is 0.407 e. The Balaban J connectivity index is 2.82. The monoisotopic (exact) mass is 629 g/mol. The van der Waals surface area contributed by atoms with Crippen molar-refractivity contribution in [2.75, 3.05) is 71.9 Å². The van der Waals surface area contributed by atoms with Gasteiger partial charge in [-0.1, -0.05) is 0 Å². The van der Waals surface area contributed by atoms with Gasteiger partial charge < -0.3 is 65.2 Å². The molecule has 1 saturated heterocycles. The number of carbonyl (C=O) groups is 4. The number of aliphatic hydroxyl groups excluding tert-OH is 4. The Kier molecular flexibility index (Phi) is 17.8. The van der Waals surface area contributed by atoms with E-state index in [9.17, 15) is 44.7 Å². The highest BCUT2D eigenvalue weighted by atomic mass is 32.2. The molecule has 8 N–H and O–H groups in total. The van der Waals surface area contributed by atoms with Crippen molar-refractivity contribution in [1.29, 1.82) is 0 Å². The van der Waals surface area contributed by atoms with Crippen LogP contribution in [0.1, 0.15) is 13.3 Å². The zero-order chi connectivity index (χ0) is 31.7. The molecule has 0 bridgehead atoms. The van der Waals surface area contributed by atoms with Crippen molar-refractivity contribution in [3.63, 3.8) is 0 Å². The highest BCUT2D eigenvalue weighted by molar-refractivity contribution is 7.99. The van der Waals surface area contributed by atoms with Crippen molar-refractivity contribution < 1.29 is 68.4 Å². The van der Waals surface area contributed by atoms with Gasteiger partial charge in [0.25, 0.3) is 0 Å². The number of carboxylic acid groups (broad SMARTS) is 1. The Hall–Kier alpha value is -2.29. The number of amides is 3. The number of thioether (sulfide) groups is 1. The van der Waals surface area contributed by atoms with E-state index in [1.165, 1.54) is 18.9 Å². The third-order valence-corrected chi connectivity index (χ3v) is 7.13. The summed E-state index contributed by atoms with van der Waals surface area (Å²) >= 11 is 1.30. The van der Waals surface area contributed by atoms with Crippen molar-refractivity contribution in [1.82, 2.24) is 16.0 Å². The van der Waals surface area contributed by atoms with Gasteiger partial charge >= 0.3 is 12.1 Å². The van der Waals surface area contributed by atoms with Gasteiger partial charge in [0.05, 0.1) is 51.7 Å². The lowest BCUT2D eigenvalue weighted by Gasteiger charge is -2.45. The molecule has 4 unspecified atom stereocenters. The number of nitrogens with one attached hydrogen (secondary N) is 3. The second-order valence-electron chi connectivity index (χ2n) is 9.45. The van der Waals surface area contributed by atoms with E-state index in [4.69, 9.17) is 23.7 Å². The average Bonchev–Trinajstić information content (AvgIpc) is 2.95. The van der Waals surface area contributed by atoms with E-state index in [2.05, 4.69) is 16.0 Å². The first-order valence-corrected chi connectivity index (χ1v) is 14.3. The molecule has 1 fully saturated rings. The third-order valence-electron chi connectivity index (χ3n) is 6.10. The van der Waals surface area contributed by atoms with Crippen molar-refractivity contribution >= 4 is 35.6 Å². The number of rotatable bonds is 20. The molecule has 0 aromatic carbocycles. The molecule has 0 saturated carbocycles. The number of carbonyl (C=O) groups excluding carboxylic acids is 3. The zero-order valence-corrected chi connectivity index (χ0v) is 24.7. The molecule has 0 aromatic heterocycles. The molecule has 1 rings (SSSR count). The highest BCUT2D eigenvalue weighted by Crippen LogP contribution is 2.32. The van der Waals surface area contributed by atoms with Gasteiger partial charge in [0, 0.05) is 32.1 Å². The van der Waals surface area contributed by atoms with E-state index in [0.29, 0.717) is 25.6 Å². The Morgan fingerprint density at radius 1 is 1.07 bits per heavy atom. The fourth-order valence-corrected chi connectivity index (χ4v) is 4.64. The van der Waals surface area contributed by atoms with E-state index in [1.54, 1.807) is 7.11 Å². The fraction of sp³-hybridized carbons (Fsp3) is 0.833. The first kappa shape index (κ1) is 37.7. The van der Waals surface area contributed by atoms with Crippen molar-refractivity contribution in [2.24, 2.45) is 0 Å². The molecule has 244 valence electrons. The largest absolute Gasteiger partial charge is 0.479 e. The maximum Gasteiger partial charge on any atom is 0.407 e. The second-order valence-corrected chi connectivity index (χ2v) is 10.6. The Morgan fingerprint density at radius 3 is 2.36 bits per heavy atom. The predicted octanol–water partition coefficient (Wildman–Crippen LogP) is -3.57. The van der Waals surface area contributed by atoms with Crippen LogP contribution in [-0.4, -0.2) is 163 Å². The molecule has 7 atom stereocenters. The summed E-state index contributed by atoms with van der Waals surface area (Å²) in [7, 11) is 2.97. The second kappa shape index (κ2) is 19.8. The molecule has 0 aromatic rings. The minimum Gasteiger partial charge on any atom is -0.479 e. The first-order chi connectivity index (χ1) is 19.9. The molecular formula is C24H43N3O14S. The van der Waals surface area contributed by atoms with Gasteiger partial charge in [-0.3, -0.25) is 9.59 Å². The number of alkyl carbamates (subject to hydrolysis) is 1. The van der Waals surface area contributed by atoms with E-state index in [0.717, 1.165) is 6.92 Å². The van der Waals surface area contributed by atoms with Crippen LogP contribution in [0.4, 0.5) is 4.79 Å². The summed E-state index contributed by atoms with van der Waals surface area (Å²) < 4.78 is 25.5. The topological polar surface area (TPSA) is 252 Å². The zero-order valence-electron chi connectivity index (χ0n) is 23.9. The average molecular weight is 630 g/mol. The molecule has 1 aliphatic rings. The Bertz CT molecular complexity index is 855. The molecular weight excluding hydrogens is 586 g/mol. The van der Waals surface area contributed by atoms with Crippen LogP contribution in [0.3, 0.4) is 0 Å². The normalized spacial score (nSPS) is 24.2. The summed E-state index contributed by atoms with van der Waals surface area (Å²) in [4.78, 5) is 49.4. The number of methoxy groups -OCH3 is 2. The lowest BCUT2D eigenvalue weighted by Crippen LogP contribution is -2.67. The van der Waals surface area contributed by atoms with Crippen molar-refractivity contribution in [3.05, 3.63) is 0 Å². The molecule has 3 amide bonds. The Morgan fingerprint density at radius 2 is 1.74 bits per heavy atom. The van der Waals surface area contributed by atoms with Crippen LogP contribution >= 0.6 is 11.8 Å². The van der Waals surface area contributed by atoms with Crippen molar-refractivity contribution in [2.45, 2.75) is 55.4 Å². The van der Waals surface area contributed by atoms with Crippen molar-refractivity contribution in [3.8, 4) is 0 Å². The minimum atomic E-state index is -1.96. The van der Waals surface area contributed by atoms with Gasteiger partial charge in [0.2, 0.25) is 11.8 Å². The maximum absolute atomic E-state index is 12.8. The fourth-order valence-electron chi connectivity index (χ4n) is 3.77. The summed E-state index contributed by atoms with van der Waals surface area (Å²) in [6.07, 6.45) is -8.16. The summed E-state index contributed by atoms with van der Waals surface area (Å²) in [5.41, 5.74) is -1.96. The lowest BCUT2D eigenvalue weighted by atomic mass is 9.84. The first-order valence-electron chi connectivity index (χ1n) is 13.1. The van der Waals surface area contributed by atoms with E-state index >= 15 is 0 Å². The molecule has 0 aliphatic carbocycles. The van der Waals surface area contributed by atoms with E-state index in [1.807, 2.05) is 0 Å². The van der Waals surface area contributed by atoms with Crippen LogP contribution in [-0.2, 0) is 38.1 Å². The summed E-state index contributed by atoms with van der Waals surface area (Å²) in [5.74, 6) is -2.43. The summed E-state index contributed by atoms with van der Waals surface area (Å²) in [6.45, 7) is 0.898. The molecule has 1 aliphatic heterocycles. The number of aliphatic hydroxyl groups is 4. The van der Waals surface area contributed by atoms with Crippen LogP contribution < -0.4 is 16.0 Å². The standard InChI is InChI=1S/C24H43N3O14S/c1-24(22(34)35)10-15(29)18(20(41-24)19(32)16(30)12-28)27-17(31)11-25-21(33)14(26-23(36)40-7-5-38-3)13-42-9-8-39-6-4-37-2/h14-16,18-20,28-30,32H,4-13H2,1-3H3,(H,25,33)(H,26,36)(H,27,31)(H,34,35)/t14-,15?,16+,18?,19+,20?,24?/m0/s1. The molecule has 42 heavy (non-hydrogen) atoms. The van der Waals surface area contributed by atoms with Gasteiger partial charge in [-0.25, -0.2) is 9.59 Å². The minimum absolute atomic E-state index is 0.0513. The van der Waals surface area contributed by atoms with Crippen LogP contribution in [0.15, 0.2) is 0 Å². The van der Waals surface area contributed by atoms with Crippen LogP contribution in [0.2, 0.25) is 0 Å². The number of hydrogen-bond donors (Lipinski definition) is 8.